The van der Waals surface area contributed by atoms with Gasteiger partial charge in [-0.05, 0) is 47.7 Å². The van der Waals surface area contributed by atoms with Crippen molar-refractivity contribution in [3.63, 3.8) is 0 Å². The number of primary amides is 1. The van der Waals surface area contributed by atoms with Crippen LogP contribution in [0.2, 0.25) is 0 Å². The van der Waals surface area contributed by atoms with Gasteiger partial charge in [0.2, 0.25) is 5.91 Å². The predicted octanol–water partition coefficient (Wildman–Crippen LogP) is 3.69. The Hall–Kier alpha value is -3.56. The van der Waals surface area contributed by atoms with Crippen molar-refractivity contribution < 1.29 is 18.0 Å². The van der Waals surface area contributed by atoms with Gasteiger partial charge in [0, 0.05) is 17.4 Å². The molecule has 0 fully saturated rings. The van der Waals surface area contributed by atoms with Crippen molar-refractivity contribution in [2.24, 2.45) is 5.73 Å². The molecule has 0 spiro atoms. The van der Waals surface area contributed by atoms with Crippen molar-refractivity contribution in [3.05, 3.63) is 58.0 Å². The van der Waals surface area contributed by atoms with E-state index in [1.807, 2.05) is 6.92 Å². The molecule has 0 aliphatic heterocycles. The topological polar surface area (TPSA) is 113 Å². The van der Waals surface area contributed by atoms with Crippen LogP contribution in [0, 0.1) is 0 Å². The van der Waals surface area contributed by atoms with Gasteiger partial charge in [0.1, 0.15) is 18.2 Å². The molecule has 0 aliphatic rings. The van der Waals surface area contributed by atoms with Crippen molar-refractivity contribution in [2.75, 3.05) is 17.2 Å². The van der Waals surface area contributed by atoms with Crippen LogP contribution in [0.25, 0.3) is 10.8 Å². The third-order valence-electron chi connectivity index (χ3n) is 4.38. The summed E-state index contributed by atoms with van der Waals surface area (Å²) in [6.07, 6.45) is -1.63. The molecule has 0 unspecified atom stereocenters. The molecule has 2 heterocycles. The Bertz CT molecular complexity index is 1140. The Morgan fingerprint density at radius 3 is 2.67 bits per heavy atom. The van der Waals surface area contributed by atoms with Crippen LogP contribution in [-0.2, 0) is 6.42 Å². The summed E-state index contributed by atoms with van der Waals surface area (Å²) in [5.74, 6) is -0.493. The fourth-order valence-electron chi connectivity index (χ4n) is 3.11. The minimum atomic E-state index is -4.42. The lowest BCUT2D eigenvalue weighted by atomic mass is 10.0. The Balaban J connectivity index is 2.05. The second kappa shape index (κ2) is 8.44. The van der Waals surface area contributed by atoms with Crippen molar-refractivity contribution in [1.82, 2.24) is 9.97 Å². The minimum Gasteiger partial charge on any atom is -0.366 e. The summed E-state index contributed by atoms with van der Waals surface area (Å²) in [5.41, 5.74) is 6.61. The monoisotopic (exact) mass is 419 g/mol. The molecule has 0 aliphatic carbocycles. The molecule has 0 radical (unpaired) electrons. The van der Waals surface area contributed by atoms with Gasteiger partial charge in [-0.3, -0.25) is 9.59 Å². The molecule has 0 atom stereocenters. The number of aromatic amines is 1. The highest BCUT2D eigenvalue weighted by Crippen LogP contribution is 2.27. The fourth-order valence-corrected chi connectivity index (χ4v) is 3.11. The molecule has 7 nitrogen and oxygen atoms in total. The number of aryl methyl sites for hydroxylation is 1. The normalized spacial score (nSPS) is 11.5. The first-order valence-corrected chi connectivity index (χ1v) is 9.20. The summed E-state index contributed by atoms with van der Waals surface area (Å²) < 4.78 is 37.8. The lowest BCUT2D eigenvalue weighted by molar-refractivity contribution is -0.115. The molecular weight excluding hydrogens is 399 g/mol. The Kier molecular flexibility index (Phi) is 5.95. The number of aromatic nitrogens is 2. The van der Waals surface area contributed by atoms with Gasteiger partial charge in [-0.1, -0.05) is 13.3 Å². The Labute approximate surface area is 169 Å². The molecule has 1 aromatic carbocycles. The fraction of sp³-hybridized carbons (Fsp3) is 0.250. The lowest BCUT2D eigenvalue weighted by Gasteiger charge is -2.14. The smallest absolute Gasteiger partial charge is 0.366 e. The highest BCUT2D eigenvalue weighted by atomic mass is 19.4. The van der Waals surface area contributed by atoms with Crippen molar-refractivity contribution in [1.29, 1.82) is 0 Å². The average Bonchev–Trinajstić information content (AvgIpc) is 2.66. The van der Waals surface area contributed by atoms with Gasteiger partial charge in [-0.25, -0.2) is 4.98 Å². The highest BCUT2D eigenvalue weighted by Gasteiger charge is 2.27. The van der Waals surface area contributed by atoms with Gasteiger partial charge >= 0.3 is 6.18 Å². The number of nitrogens with two attached hydrogens (primary N) is 1. The third kappa shape index (κ3) is 4.88. The average molecular weight is 419 g/mol. The summed E-state index contributed by atoms with van der Waals surface area (Å²) in [4.78, 5) is 30.7. The number of hydrogen-bond acceptors (Lipinski definition) is 5. The number of carbonyl (C=O) groups is 1. The molecule has 3 aromatic rings. The van der Waals surface area contributed by atoms with Gasteiger partial charge in [-0.2, -0.15) is 13.2 Å². The van der Waals surface area contributed by atoms with Crippen LogP contribution in [-0.4, -0.2) is 28.6 Å². The van der Waals surface area contributed by atoms with E-state index in [4.69, 9.17) is 5.73 Å². The second-order valence-electron chi connectivity index (χ2n) is 6.71. The van der Waals surface area contributed by atoms with Gasteiger partial charge in [0.15, 0.2) is 0 Å². The van der Waals surface area contributed by atoms with E-state index in [1.54, 1.807) is 24.3 Å². The van der Waals surface area contributed by atoms with E-state index in [2.05, 4.69) is 20.6 Å². The maximum atomic E-state index is 12.6. The second-order valence-corrected chi connectivity index (χ2v) is 6.71. The zero-order valence-electron chi connectivity index (χ0n) is 16.1. The van der Waals surface area contributed by atoms with E-state index in [-0.39, 0.29) is 17.0 Å². The van der Waals surface area contributed by atoms with Crippen LogP contribution in [0.1, 0.15) is 29.3 Å². The number of rotatable bonds is 7. The number of fused-ring (bicyclic) bond motifs is 1. The van der Waals surface area contributed by atoms with E-state index in [0.29, 0.717) is 23.1 Å². The van der Waals surface area contributed by atoms with Crippen molar-refractivity contribution in [3.8, 4) is 0 Å². The number of carbonyl (C=O) groups excluding carboxylic acids is 1. The number of benzene rings is 1. The first kappa shape index (κ1) is 21.2. The molecule has 0 saturated heterocycles. The van der Waals surface area contributed by atoms with Crippen LogP contribution < -0.4 is 21.9 Å². The number of pyridine rings is 2. The van der Waals surface area contributed by atoms with E-state index >= 15 is 0 Å². The summed E-state index contributed by atoms with van der Waals surface area (Å²) in [6, 6.07) is 7.82. The molecule has 158 valence electrons. The van der Waals surface area contributed by atoms with Gasteiger partial charge < -0.3 is 21.4 Å². The van der Waals surface area contributed by atoms with E-state index in [0.717, 1.165) is 12.0 Å². The van der Waals surface area contributed by atoms with Crippen LogP contribution in [0.4, 0.5) is 30.5 Å². The molecule has 30 heavy (non-hydrogen) atoms. The highest BCUT2D eigenvalue weighted by molar-refractivity contribution is 5.96. The van der Waals surface area contributed by atoms with Crippen molar-refractivity contribution >= 4 is 34.0 Å². The van der Waals surface area contributed by atoms with Gasteiger partial charge in [0.05, 0.1) is 5.39 Å². The standard InChI is InChI=1S/C20H20F3N5O2/c1-2-3-11-8-13(4-5-14(11)17(24)29)27-18-16-12(6-7-25-19(16)30)9-15(28-18)26-10-20(21,22)23/h4-9H,2-3,10H2,1H3,(H2,24,29)(H,25,30)(H2,26,27,28). The minimum absolute atomic E-state index is 0.0320. The summed E-state index contributed by atoms with van der Waals surface area (Å²) in [6.45, 7) is 0.692. The number of hydrogen-bond donors (Lipinski definition) is 4. The first-order valence-electron chi connectivity index (χ1n) is 9.20. The van der Waals surface area contributed by atoms with E-state index in [1.165, 1.54) is 12.3 Å². The number of anilines is 3. The number of nitrogens with zero attached hydrogens (tertiary/aromatic N) is 1. The maximum Gasteiger partial charge on any atom is 0.405 e. The van der Waals surface area contributed by atoms with Crippen LogP contribution in [0.5, 0.6) is 0 Å². The number of amides is 1. The maximum absolute atomic E-state index is 12.6. The zero-order chi connectivity index (χ0) is 21.9. The summed E-state index contributed by atoms with van der Waals surface area (Å²) >= 11 is 0. The summed E-state index contributed by atoms with van der Waals surface area (Å²) in [7, 11) is 0. The SMILES string of the molecule is CCCc1cc(Nc2nc(NCC(F)(F)F)cc3cc[nH]c(=O)c23)ccc1C(N)=O. The van der Waals surface area contributed by atoms with Crippen LogP contribution in [0.3, 0.4) is 0 Å². The van der Waals surface area contributed by atoms with Crippen molar-refractivity contribution in [2.45, 2.75) is 25.9 Å². The largest absolute Gasteiger partial charge is 0.405 e. The lowest BCUT2D eigenvalue weighted by Crippen LogP contribution is -2.22. The molecule has 0 saturated carbocycles. The number of nitrogens with one attached hydrogen (secondary N) is 3. The first-order chi connectivity index (χ1) is 14.2. The third-order valence-corrected chi connectivity index (χ3v) is 4.38. The van der Waals surface area contributed by atoms with Gasteiger partial charge in [-0.15, -0.1) is 0 Å². The molecule has 1 amide bonds. The number of alkyl halides is 3. The van der Waals surface area contributed by atoms with E-state index in [9.17, 15) is 22.8 Å². The van der Waals surface area contributed by atoms with Gasteiger partial charge in [0.25, 0.3) is 5.56 Å². The quantitative estimate of drug-likeness (QED) is 0.467. The summed E-state index contributed by atoms with van der Waals surface area (Å²) in [5, 5.41) is 5.83. The molecule has 0 bridgehead atoms. The molecule has 2 aromatic heterocycles. The molecule has 10 heteroatoms. The number of halogens is 3. The number of H-pyrrole nitrogens is 1. The zero-order valence-corrected chi connectivity index (χ0v) is 16.1. The van der Waals surface area contributed by atoms with Crippen LogP contribution in [0.15, 0.2) is 41.3 Å². The molecular formula is C20H20F3N5O2. The van der Waals surface area contributed by atoms with Crippen LogP contribution >= 0.6 is 0 Å². The molecule has 5 N–H and O–H groups in total. The molecule has 3 rings (SSSR count). The predicted molar refractivity (Wildman–Crippen MR) is 109 cm³/mol. The Morgan fingerprint density at radius 2 is 2.00 bits per heavy atom. The Morgan fingerprint density at radius 1 is 1.23 bits per heavy atom. The van der Waals surface area contributed by atoms with E-state index < -0.39 is 24.2 Å².